The van der Waals surface area contributed by atoms with Gasteiger partial charge in [-0.3, -0.25) is 67.6 Å². The fourth-order valence-electron chi connectivity index (χ4n) is 21.1. The van der Waals surface area contributed by atoms with Crippen LogP contribution >= 0.6 is 0 Å². The fraction of sp³-hybridized carbons (Fsp3) is 0.632. The highest BCUT2D eigenvalue weighted by Gasteiger charge is 2.59. The number of phenolic OH excluding ortho intramolecular Hbond substituents is 1. The number of nitrogens with one attached hydrogen (secondary N) is 9. The monoisotopic (exact) mass is 2040 g/mol. The smallest absolute Gasteiger partial charge is 0.266 e. The molecule has 14 N–H and O–H groups in total. The lowest BCUT2D eigenvalue weighted by atomic mass is 9.49. The number of rotatable bonds is 58. The summed E-state index contributed by atoms with van der Waals surface area (Å²) in [5, 5.41) is 50.0. The summed E-state index contributed by atoms with van der Waals surface area (Å²) >= 11 is 0. The van der Waals surface area contributed by atoms with E-state index in [-0.39, 0.29) is 191 Å². The summed E-state index contributed by atoms with van der Waals surface area (Å²) in [6.07, 6.45) is 12.8. The largest absolute Gasteiger partial charge is 0.508 e. The number of carbonyl (C=O) groups is 11. The number of nitrogens with zero attached hydrogens (tertiary/aromatic N) is 3. The molecular weight excluding hydrogens is 1890 g/mol. The van der Waals surface area contributed by atoms with Crippen molar-refractivity contribution in [3.63, 3.8) is 0 Å². The molecule has 6 aliphatic rings. The Kier molecular flexibility index (Phi) is 46.7. The number of hydrazone groups is 1. The Morgan fingerprint density at radius 1 is 0.524 bits per heavy atom. The number of amides is 11. The third kappa shape index (κ3) is 34.8. The van der Waals surface area contributed by atoms with Gasteiger partial charge in [0.2, 0.25) is 65.0 Å². The molecule has 5 aliphatic carbocycles. The molecule has 3 saturated carbocycles. The van der Waals surface area contributed by atoms with E-state index in [2.05, 4.69) is 79.8 Å². The molecule has 800 valence electrons. The molecule has 4 aromatic carbocycles. The van der Waals surface area contributed by atoms with Crippen molar-refractivity contribution in [2.45, 2.75) is 251 Å². The van der Waals surface area contributed by atoms with Gasteiger partial charge in [-0.25, -0.2) is 0 Å². The average molecular weight is 2040 g/mol. The van der Waals surface area contributed by atoms with Gasteiger partial charge in [0.05, 0.1) is 147 Å². The first kappa shape index (κ1) is 116. The second kappa shape index (κ2) is 58.3. The van der Waals surface area contributed by atoms with E-state index in [1.807, 2.05) is 86.6 Å². The van der Waals surface area contributed by atoms with Crippen LogP contribution in [-0.4, -0.2) is 281 Å². The molecule has 1 heterocycles. The molecule has 0 saturated heterocycles. The van der Waals surface area contributed by atoms with E-state index in [0.717, 1.165) is 96.0 Å². The number of aryl methyl sites for hydroxylation is 2. The molecule has 145 heavy (non-hydrogen) atoms. The van der Waals surface area contributed by atoms with Crippen LogP contribution in [0.4, 0.5) is 11.4 Å². The van der Waals surface area contributed by atoms with Gasteiger partial charge in [-0.05, 0) is 220 Å². The summed E-state index contributed by atoms with van der Waals surface area (Å²) in [5.74, 6) is -0.347. The van der Waals surface area contributed by atoms with Crippen molar-refractivity contribution in [1.29, 1.82) is 0 Å². The number of para-hydroxylation sites is 1. The van der Waals surface area contributed by atoms with Crippen LogP contribution in [0.25, 0.3) is 11.6 Å². The van der Waals surface area contributed by atoms with Crippen LogP contribution in [0.3, 0.4) is 0 Å². The number of hydrogen-bond acceptors (Lipinski definition) is 27. The van der Waals surface area contributed by atoms with Crippen molar-refractivity contribution in [1.82, 2.24) is 42.5 Å². The van der Waals surface area contributed by atoms with Crippen molar-refractivity contribution >= 4 is 110 Å². The van der Waals surface area contributed by atoms with Crippen LogP contribution < -0.4 is 58.6 Å². The first-order chi connectivity index (χ1) is 69.6. The molecule has 38 nitrogen and oxygen atoms in total. The lowest BCUT2D eigenvalue weighted by molar-refractivity contribution is -0.150. The highest BCUT2D eigenvalue weighted by molar-refractivity contribution is 7.85. The van der Waals surface area contributed by atoms with E-state index in [1.54, 1.807) is 30.9 Å². The molecule has 0 bridgehead atoms. The minimum absolute atomic E-state index is 0.0193. The Morgan fingerprint density at radius 2 is 1.08 bits per heavy atom. The van der Waals surface area contributed by atoms with Crippen LogP contribution in [0.2, 0.25) is 0 Å². The van der Waals surface area contributed by atoms with Crippen molar-refractivity contribution in [2.24, 2.45) is 44.5 Å². The summed E-state index contributed by atoms with van der Waals surface area (Å²) < 4.78 is 81.4. The number of unbranched alkanes of at least 4 members (excludes halogenated alkanes) is 1. The summed E-state index contributed by atoms with van der Waals surface area (Å²) in [6.45, 7) is 19.0. The predicted octanol–water partition coefficient (Wildman–Crippen LogP) is 8.00. The van der Waals surface area contributed by atoms with Crippen LogP contribution in [0.1, 0.15) is 229 Å². The number of benzene rings is 4. The normalized spacial score (nSPS) is 22.0. The number of hydrogen-bond donors (Lipinski definition) is 13. The van der Waals surface area contributed by atoms with Gasteiger partial charge >= 0.3 is 0 Å². The zero-order chi connectivity index (χ0) is 105. The van der Waals surface area contributed by atoms with Crippen molar-refractivity contribution in [2.75, 3.05) is 161 Å². The van der Waals surface area contributed by atoms with Crippen LogP contribution in [0, 0.1) is 28.6 Å². The summed E-state index contributed by atoms with van der Waals surface area (Å²) in [5.41, 5.74) is 8.13. The van der Waals surface area contributed by atoms with E-state index in [0.29, 0.717) is 114 Å². The summed E-state index contributed by atoms with van der Waals surface area (Å²) in [4.78, 5) is 159. The van der Waals surface area contributed by atoms with Gasteiger partial charge < -0.3 is 106 Å². The number of nitrogens with two attached hydrogens (primary N) is 1. The Bertz CT molecular complexity index is 5210. The number of aliphatic imine (C=N–C) groups is 1. The van der Waals surface area contributed by atoms with Crippen molar-refractivity contribution in [3.05, 3.63) is 124 Å². The van der Waals surface area contributed by atoms with Gasteiger partial charge in [0.15, 0.2) is 0 Å². The lowest BCUT2D eigenvalue weighted by Crippen LogP contribution is -2.60. The Hall–Kier alpha value is -10.6. The number of aliphatic hydroxyl groups is 1. The molecule has 0 radical (unpaired) electrons. The van der Waals surface area contributed by atoms with E-state index in [9.17, 15) is 71.4 Å². The zero-order valence-electron chi connectivity index (χ0n) is 85.7. The molecule has 39 heteroatoms. The third-order valence-electron chi connectivity index (χ3n) is 28.9. The minimum atomic E-state index is -4.16. The van der Waals surface area contributed by atoms with Crippen molar-refractivity contribution < 1.29 is 119 Å². The van der Waals surface area contributed by atoms with Gasteiger partial charge in [0.1, 0.15) is 48.3 Å². The maximum atomic E-state index is 15.0. The summed E-state index contributed by atoms with van der Waals surface area (Å²) in [6, 6.07) is 22.0. The van der Waals surface area contributed by atoms with Gasteiger partial charge in [-0.15, -0.1) is 0 Å². The van der Waals surface area contributed by atoms with Crippen LogP contribution in [0.5, 0.6) is 5.75 Å². The number of carbonyl (C=O) groups excluding carboxylic acids is 11. The first-order valence-electron chi connectivity index (χ1n) is 51.5. The molecule has 0 aromatic heterocycles. The Balaban J connectivity index is 0.660. The Morgan fingerprint density at radius 3 is 1.70 bits per heavy atom. The zero-order valence-corrected chi connectivity index (χ0v) is 86.5. The maximum Gasteiger partial charge on any atom is 0.266 e. The number of allylic oxidation sites excluding steroid dienone is 1. The molecule has 1 aliphatic heterocycles. The molecule has 1 unspecified atom stereocenters. The van der Waals surface area contributed by atoms with E-state index >= 15 is 0 Å². The molecular formula is C106H155N13O25S. The minimum Gasteiger partial charge on any atom is -0.508 e. The number of ether oxygens (including phenoxy) is 9. The topological polar surface area (TPSA) is 528 Å². The lowest BCUT2D eigenvalue weighted by Gasteiger charge is -2.56. The SMILES string of the molecule is C/C1=C/c2ccccc2N(C(=O)CCC(=O)NCCOCCOCCOCCOCCC(=O)N[C@H](CCCCNC(=O)COC2CCCCCC(=NCCOCCOCCOCCOCCC(=O)NCCS(=O)(=O)O)C2=NN)C(=O)N[C@H](C(=O)N[C@@H](C)C(=O)N[C@@H](CCO)C(=O)Nc2ccc3c(c2)[C@@]2(C)CCC[C@](C)(C(=O)NC(=O)[C@@]4(C)CCC[C@]5(C)c6cc(O)ccc6CC[C@@H]45)[C@@H]2CC3)C(C)C)Cc2ccccc21. The first-order valence-corrected chi connectivity index (χ1v) is 53.1. The highest BCUT2D eigenvalue weighted by Crippen LogP contribution is 2.60. The number of fused-ring (bicyclic) bond motifs is 8. The highest BCUT2D eigenvalue weighted by atomic mass is 32.2. The standard InChI is InChI=1S/C106H155N13O25S/c1-71(2)95(100(130)112-73(4)97(127)115-85(37-48-120)98(128)113-78-31-27-74-29-33-88-103(5,81(74)67-78)40-18-42-105(88,7)101(131)117-102(132)106(8)43-19-41-104(6)82-68-79(121)32-28-75(82)30-34-89(104)106)116-99(129)84(24-16-17-44-109-93(125)70-144-87-26-11-9-10-23-83(96(87)118-107)108-45-51-138-55-59-142-63-61-140-57-53-136-49-38-91(123)111-47-65-145(133,134)135)114-92(124)39-50-137-54-58-141-62-64-143-60-56-139-52-46-110-90(122)35-36-94(126)119-69-77-21-12-14-22-80(77)72(3)66-76-20-13-15-25-86(76)119/h12-15,20-22,25,27-28,31-32,66-68,71,73,84-85,87-89,95,120-121H,9-11,16-19,23-24,26,29-30,33-65,69-70,107H2,1-8H3,(H,109,125)(H,110,122)(H,111,123)(H,112,130)(H,113,128)(H,114,124)(H,115,127)(H,116,129)(H,117,131,132)(H,133,134,135)/b72-66-,108-83?,118-96?/t73-,84+,85-,87?,88+,89+,95-,103+,104+,105-,106-/m0/s1. The third-order valence-corrected chi connectivity index (χ3v) is 29.6. The molecule has 0 spiro atoms. The van der Waals surface area contributed by atoms with E-state index in [1.165, 1.54) is 12.5 Å². The number of aliphatic hydroxyl groups excluding tert-OH is 1. The predicted molar refractivity (Wildman–Crippen MR) is 547 cm³/mol. The van der Waals surface area contributed by atoms with E-state index in [4.69, 9.17) is 58.0 Å². The van der Waals surface area contributed by atoms with Crippen LogP contribution in [0.15, 0.2) is 95.0 Å². The molecule has 3 fully saturated rings. The van der Waals surface area contributed by atoms with Gasteiger partial charge in [0.25, 0.3) is 10.1 Å². The number of phenols is 1. The van der Waals surface area contributed by atoms with Gasteiger partial charge in [0, 0.05) is 57.6 Å². The average Bonchev–Trinajstić information content (AvgIpc) is 0.718. The van der Waals surface area contributed by atoms with E-state index < -0.39 is 116 Å². The number of aromatic hydroxyl groups is 1. The maximum absolute atomic E-state index is 15.0. The second-order valence-electron chi connectivity index (χ2n) is 39.7. The quantitative estimate of drug-likeness (QED) is 0.00654. The second-order valence-corrected chi connectivity index (χ2v) is 41.3. The molecule has 11 amide bonds. The summed E-state index contributed by atoms with van der Waals surface area (Å²) in [7, 11) is -4.16. The number of imide groups is 1. The van der Waals surface area contributed by atoms with Crippen molar-refractivity contribution in [3.8, 4) is 5.75 Å². The fourth-order valence-corrected chi connectivity index (χ4v) is 21.5. The van der Waals surface area contributed by atoms with Gasteiger partial charge in [-0.2, -0.15) is 13.5 Å². The molecule has 4 aromatic rings. The van der Waals surface area contributed by atoms with Crippen LogP contribution in [-0.2, 0) is 136 Å². The van der Waals surface area contributed by atoms with Gasteiger partial charge in [-0.1, -0.05) is 122 Å². The number of anilines is 2. The molecule has 10 rings (SSSR count). The Labute approximate surface area is 852 Å². The molecule has 11 atom stereocenters.